The first-order valence-electron chi connectivity index (χ1n) is 9.09. The third-order valence-electron chi connectivity index (χ3n) is 4.45. The highest BCUT2D eigenvalue weighted by atomic mass is 19.1. The number of hydrogen-bond acceptors (Lipinski definition) is 5. The number of carbonyl (C=O) groups is 2. The van der Waals surface area contributed by atoms with E-state index in [1.165, 1.54) is 18.2 Å². The van der Waals surface area contributed by atoms with Crippen LogP contribution in [0.4, 0.5) is 20.6 Å². The first-order valence-corrected chi connectivity index (χ1v) is 9.09. The molecule has 8 nitrogen and oxygen atoms in total. The quantitative estimate of drug-likeness (QED) is 0.500. The maximum Gasteiger partial charge on any atom is 0.319 e. The minimum Gasteiger partial charge on any atom is -0.388 e. The van der Waals surface area contributed by atoms with Crippen molar-refractivity contribution >= 4 is 23.3 Å². The van der Waals surface area contributed by atoms with Gasteiger partial charge in [-0.15, -0.1) is 0 Å². The molecular formula is C20H22FN3O5. The van der Waals surface area contributed by atoms with Gasteiger partial charge < -0.3 is 30.9 Å². The SMILES string of the molecule is O=C(C[C@H]1O[C@H](CNC(=O)Nc2cccc(F)c2)[C@@H](O)[C@H]1O)Nc1ccccc1. The van der Waals surface area contributed by atoms with Crippen molar-refractivity contribution in [1.82, 2.24) is 5.32 Å². The Morgan fingerprint density at radius 2 is 1.62 bits per heavy atom. The Balaban J connectivity index is 1.47. The molecule has 0 saturated carbocycles. The molecule has 1 fully saturated rings. The van der Waals surface area contributed by atoms with Gasteiger partial charge in [-0.1, -0.05) is 24.3 Å². The van der Waals surface area contributed by atoms with Gasteiger partial charge in [0.05, 0.1) is 12.5 Å². The van der Waals surface area contributed by atoms with Crippen LogP contribution in [0.25, 0.3) is 0 Å². The fourth-order valence-corrected chi connectivity index (χ4v) is 3.01. The summed E-state index contributed by atoms with van der Waals surface area (Å²) in [5.41, 5.74) is 0.878. The minimum atomic E-state index is -1.27. The van der Waals surface area contributed by atoms with Gasteiger partial charge in [0.15, 0.2) is 0 Å². The number of nitrogens with one attached hydrogen (secondary N) is 3. The van der Waals surface area contributed by atoms with Crippen LogP contribution >= 0.6 is 0 Å². The number of ether oxygens (including phenoxy) is 1. The number of rotatable bonds is 6. The predicted octanol–water partition coefficient (Wildman–Crippen LogP) is 1.47. The highest BCUT2D eigenvalue weighted by Gasteiger charge is 2.43. The smallest absolute Gasteiger partial charge is 0.319 e. The van der Waals surface area contributed by atoms with Crippen molar-refractivity contribution in [3.05, 3.63) is 60.4 Å². The molecule has 0 bridgehead atoms. The molecule has 3 rings (SSSR count). The van der Waals surface area contributed by atoms with Gasteiger partial charge in [-0.05, 0) is 30.3 Å². The normalized spacial score (nSPS) is 23.4. The Bertz CT molecular complexity index is 851. The minimum absolute atomic E-state index is 0.101. The first kappa shape index (κ1) is 20.7. The molecule has 2 aromatic carbocycles. The van der Waals surface area contributed by atoms with Crippen molar-refractivity contribution in [2.24, 2.45) is 0 Å². The number of aliphatic hydroxyl groups excluding tert-OH is 2. The van der Waals surface area contributed by atoms with Crippen LogP contribution in [0.3, 0.4) is 0 Å². The zero-order valence-corrected chi connectivity index (χ0v) is 15.4. The van der Waals surface area contributed by atoms with Crippen LogP contribution in [0.5, 0.6) is 0 Å². The van der Waals surface area contributed by atoms with Gasteiger partial charge in [-0.3, -0.25) is 4.79 Å². The zero-order valence-electron chi connectivity index (χ0n) is 15.4. The van der Waals surface area contributed by atoms with Gasteiger partial charge in [0.2, 0.25) is 5.91 Å². The van der Waals surface area contributed by atoms with Crippen molar-refractivity contribution in [2.45, 2.75) is 30.8 Å². The molecule has 0 radical (unpaired) electrons. The molecule has 1 heterocycles. The van der Waals surface area contributed by atoms with E-state index in [-0.39, 0.29) is 24.6 Å². The first-order chi connectivity index (χ1) is 13.9. The van der Waals surface area contributed by atoms with E-state index >= 15 is 0 Å². The number of para-hydroxylation sites is 1. The molecule has 3 amide bonds. The number of hydrogen-bond donors (Lipinski definition) is 5. The summed E-state index contributed by atoms with van der Waals surface area (Å²) < 4.78 is 18.7. The second-order valence-corrected chi connectivity index (χ2v) is 6.66. The summed E-state index contributed by atoms with van der Waals surface area (Å²) in [4.78, 5) is 24.1. The van der Waals surface area contributed by atoms with Gasteiger partial charge in [0.1, 0.15) is 24.1 Å². The molecule has 29 heavy (non-hydrogen) atoms. The maximum atomic E-state index is 13.1. The van der Waals surface area contributed by atoms with Crippen molar-refractivity contribution in [3.63, 3.8) is 0 Å². The van der Waals surface area contributed by atoms with E-state index < -0.39 is 36.3 Å². The summed E-state index contributed by atoms with van der Waals surface area (Å²) in [7, 11) is 0. The maximum absolute atomic E-state index is 13.1. The van der Waals surface area contributed by atoms with Crippen molar-refractivity contribution in [2.75, 3.05) is 17.2 Å². The van der Waals surface area contributed by atoms with Gasteiger partial charge in [-0.2, -0.15) is 0 Å². The summed E-state index contributed by atoms with van der Waals surface area (Å²) >= 11 is 0. The molecule has 1 saturated heterocycles. The van der Waals surface area contributed by atoms with Crippen LogP contribution in [0.15, 0.2) is 54.6 Å². The fourth-order valence-electron chi connectivity index (χ4n) is 3.01. The van der Waals surface area contributed by atoms with Gasteiger partial charge in [-0.25, -0.2) is 9.18 Å². The summed E-state index contributed by atoms with van der Waals surface area (Å²) in [6.07, 6.45) is -4.49. The Hall–Kier alpha value is -3.01. The molecule has 5 N–H and O–H groups in total. The van der Waals surface area contributed by atoms with E-state index in [0.717, 1.165) is 6.07 Å². The third-order valence-corrected chi connectivity index (χ3v) is 4.45. The van der Waals surface area contributed by atoms with Crippen LogP contribution in [-0.2, 0) is 9.53 Å². The fraction of sp³-hybridized carbons (Fsp3) is 0.300. The number of anilines is 2. The number of aliphatic hydroxyl groups is 2. The van der Waals surface area contributed by atoms with E-state index in [9.17, 15) is 24.2 Å². The van der Waals surface area contributed by atoms with Crippen LogP contribution < -0.4 is 16.0 Å². The molecule has 4 atom stereocenters. The van der Waals surface area contributed by atoms with E-state index in [0.29, 0.717) is 5.69 Å². The molecule has 1 aliphatic rings. The summed E-state index contributed by atoms with van der Waals surface area (Å²) in [5, 5.41) is 27.9. The molecule has 2 aromatic rings. The van der Waals surface area contributed by atoms with Crippen LogP contribution in [0.2, 0.25) is 0 Å². The van der Waals surface area contributed by atoms with Crippen LogP contribution in [0, 0.1) is 5.82 Å². The summed E-state index contributed by atoms with van der Waals surface area (Å²) in [5.74, 6) is -0.859. The second-order valence-electron chi connectivity index (χ2n) is 6.66. The van der Waals surface area contributed by atoms with Gasteiger partial charge in [0, 0.05) is 17.9 Å². The Kier molecular flexibility index (Phi) is 6.76. The van der Waals surface area contributed by atoms with E-state index in [1.807, 2.05) is 6.07 Å². The van der Waals surface area contributed by atoms with E-state index in [1.54, 1.807) is 24.3 Å². The Labute approximate surface area is 166 Å². The number of urea groups is 1. The molecule has 9 heteroatoms. The number of benzene rings is 2. The topological polar surface area (TPSA) is 120 Å². The largest absolute Gasteiger partial charge is 0.388 e. The number of halogens is 1. The summed E-state index contributed by atoms with van der Waals surface area (Å²) in [6.45, 7) is -0.101. The van der Waals surface area contributed by atoms with Crippen LogP contribution in [-0.4, -0.2) is 53.1 Å². The average Bonchev–Trinajstić information content (AvgIpc) is 2.95. The van der Waals surface area contributed by atoms with Crippen molar-refractivity contribution in [3.8, 4) is 0 Å². The average molecular weight is 403 g/mol. The molecule has 0 aliphatic carbocycles. The molecule has 0 aromatic heterocycles. The molecule has 1 aliphatic heterocycles. The molecule has 154 valence electrons. The number of amides is 3. The van der Waals surface area contributed by atoms with Gasteiger partial charge in [0.25, 0.3) is 0 Å². The lowest BCUT2D eigenvalue weighted by Crippen LogP contribution is -2.41. The van der Waals surface area contributed by atoms with Gasteiger partial charge >= 0.3 is 6.03 Å². The van der Waals surface area contributed by atoms with E-state index in [2.05, 4.69) is 16.0 Å². The van der Waals surface area contributed by atoms with Crippen LogP contribution in [0.1, 0.15) is 6.42 Å². The lowest BCUT2D eigenvalue weighted by molar-refractivity contribution is -0.120. The highest BCUT2D eigenvalue weighted by Crippen LogP contribution is 2.24. The standard InChI is InChI=1S/C20H22FN3O5/c21-12-5-4-8-14(9-12)24-20(28)22-11-16-19(27)18(26)15(29-16)10-17(25)23-13-6-2-1-3-7-13/h1-9,15-16,18-19,26-27H,10-11H2,(H,23,25)(H2,22,24,28)/t15-,16-,18+,19-/m1/s1. The van der Waals surface area contributed by atoms with E-state index in [4.69, 9.17) is 4.74 Å². The molecule has 0 spiro atoms. The monoisotopic (exact) mass is 403 g/mol. The third kappa shape index (κ3) is 5.74. The molecular weight excluding hydrogens is 381 g/mol. The van der Waals surface area contributed by atoms with Crippen molar-refractivity contribution < 1.29 is 28.9 Å². The second kappa shape index (κ2) is 9.46. The lowest BCUT2D eigenvalue weighted by atomic mass is 10.1. The molecule has 0 unspecified atom stereocenters. The zero-order chi connectivity index (χ0) is 20.8. The summed E-state index contributed by atoms with van der Waals surface area (Å²) in [6, 6.07) is 13.6. The van der Waals surface area contributed by atoms with Crippen molar-refractivity contribution in [1.29, 1.82) is 0 Å². The highest BCUT2D eigenvalue weighted by molar-refractivity contribution is 5.91. The lowest BCUT2D eigenvalue weighted by Gasteiger charge is -2.16. The predicted molar refractivity (Wildman–Crippen MR) is 104 cm³/mol. The Morgan fingerprint density at radius 3 is 2.34 bits per heavy atom. The Morgan fingerprint density at radius 1 is 0.931 bits per heavy atom. The number of carbonyl (C=O) groups excluding carboxylic acids is 2.